The summed E-state index contributed by atoms with van der Waals surface area (Å²) >= 11 is 0. The van der Waals surface area contributed by atoms with E-state index in [-0.39, 0.29) is 0 Å². The molecule has 1 unspecified atom stereocenters. The van der Waals surface area contributed by atoms with Crippen molar-refractivity contribution in [1.29, 1.82) is 0 Å². The number of hydrogen-bond donors (Lipinski definition) is 1. The molecule has 0 fully saturated rings. The number of aliphatic imine (C=N–C) groups is 1. The molecule has 0 bridgehead atoms. The van der Waals surface area contributed by atoms with Crippen LogP contribution in [-0.4, -0.2) is 12.9 Å². The van der Waals surface area contributed by atoms with Gasteiger partial charge in [-0.2, -0.15) is 0 Å². The lowest BCUT2D eigenvalue weighted by Crippen LogP contribution is -2.14. The third kappa shape index (κ3) is 3.28. The normalized spacial score (nSPS) is 23.7. The Balaban J connectivity index is 3.08. The van der Waals surface area contributed by atoms with Gasteiger partial charge in [0.25, 0.3) is 0 Å². The summed E-state index contributed by atoms with van der Waals surface area (Å²) < 4.78 is 0. The van der Waals surface area contributed by atoms with Gasteiger partial charge in [-0.15, -0.1) is 0 Å². The van der Waals surface area contributed by atoms with Gasteiger partial charge >= 0.3 is 0 Å². The summed E-state index contributed by atoms with van der Waals surface area (Å²) in [6, 6.07) is 0. The van der Waals surface area contributed by atoms with E-state index in [0.29, 0.717) is 5.92 Å². The van der Waals surface area contributed by atoms with Crippen LogP contribution in [0.25, 0.3) is 0 Å². The van der Waals surface area contributed by atoms with Gasteiger partial charge in [0.05, 0.1) is 11.5 Å². The molecule has 0 heterocycles. The summed E-state index contributed by atoms with van der Waals surface area (Å²) in [6.45, 7) is 6.17. The van der Waals surface area contributed by atoms with Crippen molar-refractivity contribution in [2.45, 2.75) is 27.2 Å². The van der Waals surface area contributed by atoms with Gasteiger partial charge in [-0.05, 0) is 32.4 Å². The lowest BCUT2D eigenvalue weighted by molar-refractivity contribution is 0.874. The summed E-state index contributed by atoms with van der Waals surface area (Å²) in [5, 5.41) is 3.03. The molecule has 1 aliphatic rings. The van der Waals surface area contributed by atoms with Gasteiger partial charge in [0.2, 0.25) is 0 Å². The predicted molar refractivity (Wildman–Crippen MR) is 65.6 cm³/mol. The Bertz CT molecular complexity index is 375. The van der Waals surface area contributed by atoms with Crippen LogP contribution >= 0.6 is 0 Å². The molecule has 80 valence electrons. The highest BCUT2D eigenvalue weighted by atomic mass is 15.0. The standard InChI is InChI=1S/C13H18N2/c1-10-8-6-5-7-9-13(11(10)2)15-12(3)14-4/h7,9-10H,5H2,1-4H3,(H,14,15)/b9-7-,13-11?. The summed E-state index contributed by atoms with van der Waals surface area (Å²) in [4.78, 5) is 4.52. The maximum Gasteiger partial charge on any atom is 0.0988 e. The van der Waals surface area contributed by atoms with Crippen LogP contribution in [0.2, 0.25) is 0 Å². The van der Waals surface area contributed by atoms with Crippen molar-refractivity contribution in [3.05, 3.63) is 23.4 Å². The Hall–Kier alpha value is -1.49. The SMILES string of the molecule is CN/C(C)=N\C1=C(C)C(C)C#CC/C=C\1. The number of nitrogens with one attached hydrogen (secondary N) is 1. The van der Waals surface area contributed by atoms with Gasteiger partial charge in [0.1, 0.15) is 0 Å². The molecule has 2 nitrogen and oxygen atoms in total. The van der Waals surface area contributed by atoms with E-state index in [1.165, 1.54) is 5.57 Å². The van der Waals surface area contributed by atoms with Crippen LogP contribution in [0, 0.1) is 17.8 Å². The van der Waals surface area contributed by atoms with Crippen molar-refractivity contribution in [3.63, 3.8) is 0 Å². The zero-order valence-electron chi connectivity index (χ0n) is 9.89. The van der Waals surface area contributed by atoms with Crippen molar-refractivity contribution in [1.82, 2.24) is 5.32 Å². The van der Waals surface area contributed by atoms with E-state index < -0.39 is 0 Å². The molecule has 0 saturated heterocycles. The predicted octanol–water partition coefficient (Wildman–Crippen LogP) is 2.50. The topological polar surface area (TPSA) is 24.4 Å². The smallest absolute Gasteiger partial charge is 0.0988 e. The van der Waals surface area contributed by atoms with E-state index in [1.807, 2.05) is 14.0 Å². The van der Waals surface area contributed by atoms with Gasteiger partial charge in [-0.25, -0.2) is 4.99 Å². The maximum absolute atomic E-state index is 4.52. The Morgan fingerprint density at radius 2 is 2.33 bits per heavy atom. The third-order valence-electron chi connectivity index (χ3n) is 2.52. The van der Waals surface area contributed by atoms with Crippen LogP contribution in [0.4, 0.5) is 0 Å². The molecular weight excluding hydrogens is 184 g/mol. The first-order valence-electron chi connectivity index (χ1n) is 5.24. The first-order valence-corrected chi connectivity index (χ1v) is 5.24. The molecule has 1 aliphatic carbocycles. The zero-order chi connectivity index (χ0) is 11.3. The molecule has 0 aromatic heterocycles. The monoisotopic (exact) mass is 202 g/mol. The van der Waals surface area contributed by atoms with Crippen molar-refractivity contribution < 1.29 is 0 Å². The second kappa shape index (κ2) is 5.41. The van der Waals surface area contributed by atoms with E-state index in [0.717, 1.165) is 18.0 Å². The number of allylic oxidation sites excluding steroid dienone is 3. The molecular formula is C13H18N2. The van der Waals surface area contributed by atoms with E-state index >= 15 is 0 Å². The van der Waals surface area contributed by atoms with E-state index in [9.17, 15) is 0 Å². The molecule has 0 radical (unpaired) electrons. The fraction of sp³-hybridized carbons (Fsp3) is 0.462. The number of nitrogens with zero attached hydrogens (tertiary/aromatic N) is 1. The van der Waals surface area contributed by atoms with Crippen molar-refractivity contribution in [3.8, 4) is 11.8 Å². The fourth-order valence-electron chi connectivity index (χ4n) is 1.27. The summed E-state index contributed by atoms with van der Waals surface area (Å²) in [5.41, 5.74) is 2.26. The maximum atomic E-state index is 4.52. The van der Waals surface area contributed by atoms with Gasteiger partial charge in [-0.3, -0.25) is 0 Å². The van der Waals surface area contributed by atoms with Crippen molar-refractivity contribution in [2.75, 3.05) is 7.05 Å². The minimum absolute atomic E-state index is 0.290. The zero-order valence-corrected chi connectivity index (χ0v) is 9.89. The average Bonchev–Trinajstić information content (AvgIpc) is 2.23. The fourth-order valence-corrected chi connectivity index (χ4v) is 1.27. The highest BCUT2D eigenvalue weighted by Gasteiger charge is 2.06. The molecule has 1 rings (SSSR count). The molecule has 0 saturated carbocycles. The second-order valence-corrected chi connectivity index (χ2v) is 3.66. The lowest BCUT2D eigenvalue weighted by atomic mass is 9.99. The van der Waals surface area contributed by atoms with E-state index in [1.54, 1.807) is 0 Å². The van der Waals surface area contributed by atoms with Crippen LogP contribution in [0.1, 0.15) is 27.2 Å². The van der Waals surface area contributed by atoms with Crippen molar-refractivity contribution in [2.24, 2.45) is 10.9 Å². The van der Waals surface area contributed by atoms with Gasteiger partial charge < -0.3 is 5.32 Å². The van der Waals surface area contributed by atoms with Gasteiger partial charge in [0.15, 0.2) is 0 Å². The van der Waals surface area contributed by atoms with Crippen LogP contribution in [0.15, 0.2) is 28.4 Å². The Morgan fingerprint density at radius 1 is 1.60 bits per heavy atom. The van der Waals surface area contributed by atoms with Crippen LogP contribution in [0.3, 0.4) is 0 Å². The largest absolute Gasteiger partial charge is 0.377 e. The molecule has 0 spiro atoms. The molecule has 2 heteroatoms. The van der Waals surface area contributed by atoms with Crippen LogP contribution in [0.5, 0.6) is 0 Å². The number of hydrogen-bond acceptors (Lipinski definition) is 1. The van der Waals surface area contributed by atoms with Gasteiger partial charge in [-0.1, -0.05) is 17.9 Å². The number of amidine groups is 1. The van der Waals surface area contributed by atoms with Crippen LogP contribution < -0.4 is 5.32 Å². The van der Waals surface area contributed by atoms with Crippen LogP contribution in [-0.2, 0) is 0 Å². The molecule has 15 heavy (non-hydrogen) atoms. The highest BCUT2D eigenvalue weighted by molar-refractivity contribution is 5.80. The summed E-state index contributed by atoms with van der Waals surface area (Å²) in [5.74, 6) is 7.54. The quantitative estimate of drug-likeness (QED) is 0.394. The van der Waals surface area contributed by atoms with E-state index in [4.69, 9.17) is 0 Å². The number of rotatable bonds is 1. The Morgan fingerprint density at radius 3 is 3.00 bits per heavy atom. The Kier molecular flexibility index (Phi) is 4.17. The third-order valence-corrected chi connectivity index (χ3v) is 2.52. The first-order chi connectivity index (χ1) is 7.15. The van der Waals surface area contributed by atoms with Gasteiger partial charge in [0, 0.05) is 19.4 Å². The summed E-state index contributed by atoms with van der Waals surface area (Å²) in [6.07, 6.45) is 4.93. The second-order valence-electron chi connectivity index (χ2n) is 3.66. The minimum atomic E-state index is 0.290. The lowest BCUT2D eigenvalue weighted by Gasteiger charge is -2.10. The first kappa shape index (κ1) is 11.6. The van der Waals surface area contributed by atoms with Crippen molar-refractivity contribution >= 4 is 5.84 Å². The molecule has 0 aromatic carbocycles. The Labute approximate surface area is 92.2 Å². The minimum Gasteiger partial charge on any atom is -0.377 e. The molecule has 1 N–H and O–H groups in total. The van der Waals surface area contributed by atoms with E-state index in [2.05, 4.69) is 48.1 Å². The summed E-state index contributed by atoms with van der Waals surface area (Å²) in [7, 11) is 1.88. The molecule has 0 aromatic rings. The molecule has 0 aliphatic heterocycles. The molecule has 0 amide bonds. The average molecular weight is 202 g/mol. The molecule has 1 atom stereocenters. The highest BCUT2D eigenvalue weighted by Crippen LogP contribution is 2.18.